The fourth-order valence-corrected chi connectivity index (χ4v) is 1.72. The van der Waals surface area contributed by atoms with Gasteiger partial charge in [-0.05, 0) is 13.0 Å². The Labute approximate surface area is 104 Å². The third kappa shape index (κ3) is 2.72. The van der Waals surface area contributed by atoms with Crippen LogP contribution in [-0.4, -0.2) is 15.1 Å². The summed E-state index contributed by atoms with van der Waals surface area (Å²) in [6.07, 6.45) is 1.68. The first-order chi connectivity index (χ1) is 8.68. The van der Waals surface area contributed by atoms with E-state index >= 15 is 0 Å². The maximum atomic E-state index is 10.9. The van der Waals surface area contributed by atoms with Crippen LogP contribution in [0, 0.1) is 10.1 Å². The van der Waals surface area contributed by atoms with Gasteiger partial charge in [-0.25, -0.2) is 0 Å². The Morgan fingerprint density at radius 2 is 2.22 bits per heavy atom. The Morgan fingerprint density at radius 1 is 1.44 bits per heavy atom. The molecule has 18 heavy (non-hydrogen) atoms. The molecule has 0 saturated carbocycles. The number of aromatic nitrogens is 2. The monoisotopic (exact) mass is 246 g/mol. The van der Waals surface area contributed by atoms with Gasteiger partial charge >= 0.3 is 0 Å². The van der Waals surface area contributed by atoms with E-state index in [1.807, 2.05) is 13.0 Å². The highest BCUT2D eigenvalue weighted by Crippen LogP contribution is 2.18. The third-order valence-corrected chi connectivity index (χ3v) is 2.78. The van der Waals surface area contributed by atoms with Crippen LogP contribution in [0.5, 0.6) is 0 Å². The molecule has 0 aliphatic heterocycles. The minimum atomic E-state index is -0.363. The Balaban J connectivity index is 2.04. The van der Waals surface area contributed by atoms with Gasteiger partial charge in [-0.1, -0.05) is 18.2 Å². The fraction of sp³-hybridized carbons (Fsp3) is 0.250. The summed E-state index contributed by atoms with van der Waals surface area (Å²) in [4.78, 5) is 10.5. The van der Waals surface area contributed by atoms with Crippen LogP contribution in [0.2, 0.25) is 0 Å². The predicted molar refractivity (Wildman–Crippen MR) is 66.9 cm³/mol. The second kappa shape index (κ2) is 5.42. The van der Waals surface area contributed by atoms with E-state index < -0.39 is 0 Å². The highest BCUT2D eigenvalue weighted by atomic mass is 16.6. The molecule has 94 valence electrons. The smallest absolute Gasteiger partial charge is 0.273 e. The number of hydrogen-bond donors (Lipinski definition) is 2. The molecule has 0 spiro atoms. The molecular formula is C12H14N4O2. The summed E-state index contributed by atoms with van der Waals surface area (Å²) >= 11 is 0. The summed E-state index contributed by atoms with van der Waals surface area (Å²) < 4.78 is 0. The summed E-state index contributed by atoms with van der Waals surface area (Å²) in [6, 6.07) is 8.66. The SMILES string of the molecule is CC(NCc1ccccc1[N+](=O)[O-])c1ccn[nH]1. The molecule has 1 aromatic heterocycles. The number of H-pyrrole nitrogens is 1. The number of nitro benzene ring substituents is 1. The van der Waals surface area contributed by atoms with E-state index in [2.05, 4.69) is 15.5 Å². The van der Waals surface area contributed by atoms with Crippen molar-refractivity contribution in [1.82, 2.24) is 15.5 Å². The van der Waals surface area contributed by atoms with Gasteiger partial charge in [0, 0.05) is 30.4 Å². The Bertz CT molecular complexity index is 525. The molecule has 0 aliphatic rings. The van der Waals surface area contributed by atoms with Crippen molar-refractivity contribution in [3.8, 4) is 0 Å². The molecule has 0 saturated heterocycles. The molecule has 2 N–H and O–H groups in total. The van der Waals surface area contributed by atoms with Crippen LogP contribution in [-0.2, 0) is 6.54 Å². The Kier molecular flexibility index (Phi) is 3.69. The van der Waals surface area contributed by atoms with Crippen LogP contribution < -0.4 is 5.32 Å². The zero-order chi connectivity index (χ0) is 13.0. The van der Waals surface area contributed by atoms with E-state index in [4.69, 9.17) is 0 Å². The van der Waals surface area contributed by atoms with Gasteiger partial charge < -0.3 is 5.32 Å². The number of nitrogens with zero attached hydrogens (tertiary/aromatic N) is 2. The van der Waals surface area contributed by atoms with E-state index in [0.29, 0.717) is 12.1 Å². The average molecular weight is 246 g/mol. The molecule has 1 unspecified atom stereocenters. The van der Waals surface area contributed by atoms with Crippen LogP contribution in [0.1, 0.15) is 24.2 Å². The van der Waals surface area contributed by atoms with Gasteiger partial charge in [0.2, 0.25) is 0 Å². The predicted octanol–water partition coefficient (Wildman–Crippen LogP) is 2.17. The number of aromatic amines is 1. The van der Waals surface area contributed by atoms with Crippen LogP contribution in [0.3, 0.4) is 0 Å². The quantitative estimate of drug-likeness (QED) is 0.625. The maximum absolute atomic E-state index is 10.9. The van der Waals surface area contributed by atoms with Crippen molar-refractivity contribution in [2.75, 3.05) is 0 Å². The largest absolute Gasteiger partial charge is 0.304 e. The van der Waals surface area contributed by atoms with Crippen LogP contribution in [0.25, 0.3) is 0 Å². The molecule has 6 heteroatoms. The molecule has 0 aliphatic carbocycles. The molecule has 1 atom stereocenters. The van der Waals surface area contributed by atoms with Crippen molar-refractivity contribution < 1.29 is 4.92 Å². The van der Waals surface area contributed by atoms with E-state index in [1.165, 1.54) is 6.07 Å². The average Bonchev–Trinajstić information content (AvgIpc) is 2.90. The first-order valence-corrected chi connectivity index (χ1v) is 5.63. The summed E-state index contributed by atoms with van der Waals surface area (Å²) in [7, 11) is 0. The molecule has 2 aromatic rings. The normalized spacial score (nSPS) is 12.3. The summed E-state index contributed by atoms with van der Waals surface area (Å²) in [5, 5.41) is 20.8. The van der Waals surface area contributed by atoms with Crippen LogP contribution in [0.15, 0.2) is 36.5 Å². The standard InChI is InChI=1S/C12H14N4O2/c1-9(11-6-7-14-15-11)13-8-10-4-2-3-5-12(10)16(17)18/h2-7,9,13H,8H2,1H3,(H,14,15). The molecule has 1 aromatic carbocycles. The van der Waals surface area contributed by atoms with Crippen molar-refractivity contribution in [3.05, 3.63) is 57.9 Å². The van der Waals surface area contributed by atoms with Gasteiger partial charge in [0.25, 0.3) is 5.69 Å². The highest BCUT2D eigenvalue weighted by Gasteiger charge is 2.13. The van der Waals surface area contributed by atoms with Gasteiger partial charge in [0.05, 0.1) is 10.6 Å². The number of hydrogen-bond acceptors (Lipinski definition) is 4. The molecular weight excluding hydrogens is 232 g/mol. The first-order valence-electron chi connectivity index (χ1n) is 5.63. The van der Waals surface area contributed by atoms with Crippen molar-refractivity contribution in [2.24, 2.45) is 0 Å². The second-order valence-corrected chi connectivity index (χ2v) is 4.00. The summed E-state index contributed by atoms with van der Waals surface area (Å²) in [5.74, 6) is 0. The van der Waals surface area contributed by atoms with Crippen molar-refractivity contribution in [3.63, 3.8) is 0 Å². The van der Waals surface area contributed by atoms with Gasteiger partial charge in [-0.3, -0.25) is 15.2 Å². The number of benzene rings is 1. The number of nitrogens with one attached hydrogen (secondary N) is 2. The zero-order valence-corrected chi connectivity index (χ0v) is 9.96. The highest BCUT2D eigenvalue weighted by molar-refractivity contribution is 5.39. The van der Waals surface area contributed by atoms with Crippen LogP contribution >= 0.6 is 0 Å². The lowest BCUT2D eigenvalue weighted by molar-refractivity contribution is -0.385. The third-order valence-electron chi connectivity index (χ3n) is 2.78. The van der Waals surface area contributed by atoms with Crippen molar-refractivity contribution in [1.29, 1.82) is 0 Å². The lowest BCUT2D eigenvalue weighted by Gasteiger charge is -2.11. The molecule has 0 bridgehead atoms. The Hall–Kier alpha value is -2.21. The van der Waals surface area contributed by atoms with Crippen LogP contribution in [0.4, 0.5) is 5.69 Å². The lowest BCUT2D eigenvalue weighted by Crippen LogP contribution is -2.19. The van der Waals surface area contributed by atoms with E-state index in [1.54, 1.807) is 24.4 Å². The van der Waals surface area contributed by atoms with Gasteiger partial charge in [0.15, 0.2) is 0 Å². The number of nitro groups is 1. The van der Waals surface area contributed by atoms with Gasteiger partial charge in [-0.15, -0.1) is 0 Å². The Morgan fingerprint density at radius 3 is 2.89 bits per heavy atom. The lowest BCUT2D eigenvalue weighted by atomic mass is 10.1. The minimum Gasteiger partial charge on any atom is -0.304 e. The number of para-hydroxylation sites is 1. The summed E-state index contributed by atoms with van der Waals surface area (Å²) in [6.45, 7) is 2.42. The molecule has 2 rings (SSSR count). The minimum absolute atomic E-state index is 0.0623. The molecule has 0 amide bonds. The van der Waals surface area contributed by atoms with Crippen molar-refractivity contribution in [2.45, 2.75) is 19.5 Å². The zero-order valence-electron chi connectivity index (χ0n) is 9.96. The molecule has 0 fully saturated rings. The van der Waals surface area contributed by atoms with Crippen molar-refractivity contribution >= 4 is 5.69 Å². The van der Waals surface area contributed by atoms with E-state index in [-0.39, 0.29) is 16.7 Å². The first kappa shape index (κ1) is 12.3. The van der Waals surface area contributed by atoms with Gasteiger partial charge in [-0.2, -0.15) is 5.10 Å². The molecule has 6 nitrogen and oxygen atoms in total. The fourth-order valence-electron chi connectivity index (χ4n) is 1.72. The number of rotatable bonds is 5. The van der Waals surface area contributed by atoms with E-state index in [0.717, 1.165) is 5.69 Å². The summed E-state index contributed by atoms with van der Waals surface area (Å²) in [5.41, 5.74) is 1.77. The van der Waals surface area contributed by atoms with E-state index in [9.17, 15) is 10.1 Å². The maximum Gasteiger partial charge on any atom is 0.273 e. The topological polar surface area (TPSA) is 83.8 Å². The second-order valence-electron chi connectivity index (χ2n) is 4.00. The van der Waals surface area contributed by atoms with Gasteiger partial charge in [0.1, 0.15) is 0 Å². The molecule has 1 heterocycles. The molecule has 0 radical (unpaired) electrons.